The Morgan fingerprint density at radius 3 is 2.76 bits per heavy atom. The SMILES string of the molecule is COc1ccc(NC(=O)CSc2nnc(C[C@@H]3CCS(=O)(=O)C3)n2C)c(OC)c1. The van der Waals surface area contributed by atoms with Crippen LogP contribution in [0.15, 0.2) is 23.4 Å². The number of amides is 1. The van der Waals surface area contributed by atoms with E-state index in [1.165, 1.54) is 18.9 Å². The minimum atomic E-state index is -2.92. The van der Waals surface area contributed by atoms with Crippen molar-refractivity contribution in [3.8, 4) is 11.5 Å². The number of nitrogens with one attached hydrogen (secondary N) is 1. The van der Waals surface area contributed by atoms with Crippen molar-refractivity contribution in [3.63, 3.8) is 0 Å². The van der Waals surface area contributed by atoms with E-state index in [-0.39, 0.29) is 29.1 Å². The number of benzene rings is 1. The second-order valence-electron chi connectivity index (χ2n) is 6.83. The molecule has 11 heteroatoms. The number of aromatic nitrogens is 3. The zero-order valence-corrected chi connectivity index (χ0v) is 18.2. The lowest BCUT2D eigenvalue weighted by molar-refractivity contribution is -0.113. The topological polar surface area (TPSA) is 112 Å². The molecule has 9 nitrogen and oxygen atoms in total. The van der Waals surface area contributed by atoms with Crippen molar-refractivity contribution in [2.45, 2.75) is 18.0 Å². The molecule has 1 atom stereocenters. The van der Waals surface area contributed by atoms with Crippen LogP contribution in [0.4, 0.5) is 5.69 Å². The standard InChI is InChI=1S/C18H24N4O5S2/c1-22-16(8-12-6-7-29(24,25)11-12)20-21-18(22)28-10-17(23)19-14-5-4-13(26-2)9-15(14)27-3/h4-5,9,12H,6-8,10-11H2,1-3H3,(H,19,23)/t12-/m0/s1. The molecule has 1 saturated heterocycles. The van der Waals surface area contributed by atoms with E-state index in [0.717, 1.165) is 5.82 Å². The third kappa shape index (κ3) is 5.41. The van der Waals surface area contributed by atoms with Crippen LogP contribution in [-0.4, -0.2) is 60.6 Å². The number of thioether (sulfide) groups is 1. The van der Waals surface area contributed by atoms with Crippen molar-refractivity contribution in [3.05, 3.63) is 24.0 Å². The number of sulfone groups is 1. The molecule has 1 N–H and O–H groups in total. The third-order valence-electron chi connectivity index (χ3n) is 4.74. The average molecular weight is 441 g/mol. The van der Waals surface area contributed by atoms with Crippen molar-refractivity contribution in [1.29, 1.82) is 0 Å². The van der Waals surface area contributed by atoms with Gasteiger partial charge in [-0.3, -0.25) is 4.79 Å². The fourth-order valence-electron chi connectivity index (χ4n) is 3.16. The molecule has 3 rings (SSSR count). The second-order valence-corrected chi connectivity index (χ2v) is 10.0. The Morgan fingerprint density at radius 2 is 2.10 bits per heavy atom. The van der Waals surface area contributed by atoms with Gasteiger partial charge in [0.2, 0.25) is 5.91 Å². The maximum absolute atomic E-state index is 12.3. The van der Waals surface area contributed by atoms with Crippen LogP contribution in [0.1, 0.15) is 12.2 Å². The second kappa shape index (κ2) is 9.04. The Morgan fingerprint density at radius 1 is 1.31 bits per heavy atom. The number of nitrogens with zero attached hydrogens (tertiary/aromatic N) is 3. The summed E-state index contributed by atoms with van der Waals surface area (Å²) in [5.74, 6) is 2.34. The Labute approximate surface area is 174 Å². The highest BCUT2D eigenvalue weighted by atomic mass is 32.2. The van der Waals surface area contributed by atoms with E-state index in [1.807, 2.05) is 11.6 Å². The molecule has 0 unspecified atom stereocenters. The normalized spacial score (nSPS) is 17.8. The fourth-order valence-corrected chi connectivity index (χ4v) is 5.75. The lowest BCUT2D eigenvalue weighted by Gasteiger charge is -2.11. The molecule has 0 bridgehead atoms. The molecule has 1 fully saturated rings. The summed E-state index contributed by atoms with van der Waals surface area (Å²) in [7, 11) is 1.99. The van der Waals surface area contributed by atoms with Gasteiger partial charge in [-0.2, -0.15) is 0 Å². The summed E-state index contributed by atoms with van der Waals surface area (Å²) < 4.78 is 35.5. The number of rotatable bonds is 8. The number of carbonyl (C=O) groups excluding carboxylic acids is 1. The summed E-state index contributed by atoms with van der Waals surface area (Å²) in [6.07, 6.45) is 1.22. The van der Waals surface area contributed by atoms with Crippen molar-refractivity contribution < 1.29 is 22.7 Å². The van der Waals surface area contributed by atoms with Crippen LogP contribution in [0.25, 0.3) is 0 Å². The number of carbonyl (C=O) groups is 1. The number of hydrogen-bond donors (Lipinski definition) is 1. The predicted octanol–water partition coefficient (Wildman–Crippen LogP) is 1.54. The summed E-state index contributed by atoms with van der Waals surface area (Å²) in [5, 5.41) is 11.7. The van der Waals surface area contributed by atoms with Gasteiger partial charge in [0.05, 0.1) is 37.2 Å². The first-order chi connectivity index (χ1) is 13.8. The molecule has 1 aliphatic rings. The zero-order chi connectivity index (χ0) is 21.0. The minimum absolute atomic E-state index is 0.0755. The highest BCUT2D eigenvalue weighted by Gasteiger charge is 2.29. The minimum Gasteiger partial charge on any atom is -0.497 e. The van der Waals surface area contributed by atoms with Gasteiger partial charge in [-0.1, -0.05) is 11.8 Å². The first kappa shape index (κ1) is 21.4. The van der Waals surface area contributed by atoms with Crippen LogP contribution in [0, 0.1) is 5.92 Å². The van der Waals surface area contributed by atoms with E-state index < -0.39 is 9.84 Å². The van der Waals surface area contributed by atoms with E-state index in [4.69, 9.17) is 9.47 Å². The van der Waals surface area contributed by atoms with Crippen molar-refractivity contribution in [2.24, 2.45) is 13.0 Å². The van der Waals surface area contributed by atoms with Gasteiger partial charge in [0.25, 0.3) is 0 Å². The Bertz CT molecular complexity index is 990. The molecule has 1 aromatic carbocycles. The quantitative estimate of drug-likeness (QED) is 0.615. The average Bonchev–Trinajstić information content (AvgIpc) is 3.22. The first-order valence-corrected chi connectivity index (χ1v) is 11.9. The van der Waals surface area contributed by atoms with Crippen LogP contribution >= 0.6 is 11.8 Å². The van der Waals surface area contributed by atoms with Gasteiger partial charge in [-0.25, -0.2) is 8.42 Å². The van der Waals surface area contributed by atoms with Crippen LogP contribution in [0.5, 0.6) is 11.5 Å². The highest BCUT2D eigenvalue weighted by molar-refractivity contribution is 7.99. The van der Waals surface area contributed by atoms with Gasteiger partial charge in [0.15, 0.2) is 15.0 Å². The number of hydrogen-bond acceptors (Lipinski definition) is 8. The Hall–Kier alpha value is -2.27. The molecule has 158 valence electrons. The molecule has 2 aromatic rings. The summed E-state index contributed by atoms with van der Waals surface area (Å²) in [5.41, 5.74) is 0.556. The van der Waals surface area contributed by atoms with E-state index in [2.05, 4.69) is 15.5 Å². The lowest BCUT2D eigenvalue weighted by atomic mass is 10.1. The molecule has 0 saturated carbocycles. The largest absolute Gasteiger partial charge is 0.497 e. The molecule has 0 aliphatic carbocycles. The lowest BCUT2D eigenvalue weighted by Crippen LogP contribution is -2.15. The molecule has 1 aliphatic heterocycles. The predicted molar refractivity (Wildman–Crippen MR) is 110 cm³/mol. The summed E-state index contributed by atoms with van der Waals surface area (Å²) >= 11 is 1.27. The smallest absolute Gasteiger partial charge is 0.234 e. The molecular formula is C18H24N4O5S2. The van der Waals surface area contributed by atoms with E-state index >= 15 is 0 Å². The van der Waals surface area contributed by atoms with Gasteiger partial charge in [-0.05, 0) is 24.5 Å². The van der Waals surface area contributed by atoms with Crippen LogP contribution < -0.4 is 14.8 Å². The highest BCUT2D eigenvalue weighted by Crippen LogP contribution is 2.29. The molecule has 1 aromatic heterocycles. The molecule has 29 heavy (non-hydrogen) atoms. The van der Waals surface area contributed by atoms with Gasteiger partial charge >= 0.3 is 0 Å². The van der Waals surface area contributed by atoms with Crippen molar-refractivity contribution in [2.75, 3.05) is 36.8 Å². The molecule has 2 heterocycles. The third-order valence-corrected chi connectivity index (χ3v) is 7.60. The Balaban J connectivity index is 1.56. The van der Waals surface area contributed by atoms with Crippen molar-refractivity contribution >= 4 is 33.2 Å². The summed E-state index contributed by atoms with van der Waals surface area (Å²) in [4.78, 5) is 12.3. The first-order valence-electron chi connectivity index (χ1n) is 9.04. The number of methoxy groups -OCH3 is 2. The zero-order valence-electron chi connectivity index (χ0n) is 16.5. The van der Waals surface area contributed by atoms with Gasteiger partial charge in [-0.15, -0.1) is 10.2 Å². The van der Waals surface area contributed by atoms with E-state index in [9.17, 15) is 13.2 Å². The maximum Gasteiger partial charge on any atom is 0.234 e. The van der Waals surface area contributed by atoms with Crippen LogP contribution in [0.2, 0.25) is 0 Å². The van der Waals surface area contributed by atoms with Crippen LogP contribution in [-0.2, 0) is 28.1 Å². The van der Waals surface area contributed by atoms with Gasteiger partial charge in [0, 0.05) is 19.5 Å². The summed E-state index contributed by atoms with van der Waals surface area (Å²) in [6, 6.07) is 5.15. The molecule has 1 amide bonds. The van der Waals surface area contributed by atoms with Gasteiger partial charge < -0.3 is 19.4 Å². The fraction of sp³-hybridized carbons (Fsp3) is 0.500. The van der Waals surface area contributed by atoms with E-state index in [1.54, 1.807) is 25.3 Å². The monoisotopic (exact) mass is 440 g/mol. The molecule has 0 spiro atoms. The number of anilines is 1. The van der Waals surface area contributed by atoms with E-state index in [0.29, 0.717) is 35.2 Å². The number of ether oxygens (including phenoxy) is 2. The van der Waals surface area contributed by atoms with Crippen LogP contribution in [0.3, 0.4) is 0 Å². The molecule has 0 radical (unpaired) electrons. The summed E-state index contributed by atoms with van der Waals surface area (Å²) in [6.45, 7) is 0. The Kier molecular flexibility index (Phi) is 6.68. The van der Waals surface area contributed by atoms with Gasteiger partial charge in [0.1, 0.15) is 17.3 Å². The van der Waals surface area contributed by atoms with Crippen molar-refractivity contribution in [1.82, 2.24) is 14.8 Å². The molecular weight excluding hydrogens is 416 g/mol. The maximum atomic E-state index is 12.3.